The third-order valence-corrected chi connectivity index (χ3v) is 11.2. The van der Waals surface area contributed by atoms with Crippen LogP contribution in [0.4, 0.5) is 0 Å². The van der Waals surface area contributed by atoms with Crippen LogP contribution >= 0.6 is 0 Å². The Bertz CT molecular complexity index is 943. The summed E-state index contributed by atoms with van der Waals surface area (Å²) in [5, 5.41) is 40.1. The fourth-order valence-corrected chi connectivity index (χ4v) is 7.36. The van der Waals surface area contributed by atoms with Crippen LogP contribution in [0.2, 0.25) is 0 Å². The number of ether oxygens (including phenoxy) is 4. The lowest BCUT2D eigenvalue weighted by atomic mass is 9.99. The minimum absolute atomic E-state index is 0.212. The highest BCUT2D eigenvalue weighted by Crippen LogP contribution is 2.23. The normalized spacial score (nSPS) is 20.3. The third kappa shape index (κ3) is 30.2. The number of hydrogen-bond donors (Lipinski definition) is 4. The van der Waals surface area contributed by atoms with Crippen molar-refractivity contribution in [1.29, 1.82) is 0 Å². The molecule has 336 valence electrons. The highest BCUT2D eigenvalue weighted by molar-refractivity contribution is 5.70. The lowest BCUT2D eigenvalue weighted by Gasteiger charge is -2.39. The molecule has 0 aromatic carbocycles. The van der Waals surface area contributed by atoms with Gasteiger partial charge in [-0.25, -0.2) is 0 Å². The molecule has 0 aliphatic carbocycles. The maximum absolute atomic E-state index is 12.8. The zero-order chi connectivity index (χ0) is 41.6. The molecule has 0 saturated carbocycles. The molecule has 0 aromatic rings. The number of aliphatic hydroxyl groups excluding tert-OH is 4. The molecular formula is C47H88O10. The van der Waals surface area contributed by atoms with Crippen LogP contribution in [0.15, 0.2) is 12.2 Å². The van der Waals surface area contributed by atoms with E-state index in [4.69, 9.17) is 18.9 Å². The van der Waals surface area contributed by atoms with Gasteiger partial charge in [0, 0.05) is 12.8 Å². The van der Waals surface area contributed by atoms with E-state index >= 15 is 0 Å². The topological polar surface area (TPSA) is 152 Å². The van der Waals surface area contributed by atoms with Crippen molar-refractivity contribution in [3.05, 3.63) is 12.2 Å². The van der Waals surface area contributed by atoms with Crippen LogP contribution in [0.5, 0.6) is 0 Å². The maximum atomic E-state index is 12.8. The lowest BCUT2D eigenvalue weighted by molar-refractivity contribution is -0.305. The van der Waals surface area contributed by atoms with Gasteiger partial charge in [0.15, 0.2) is 12.4 Å². The molecule has 6 atom stereocenters. The molecule has 0 spiro atoms. The van der Waals surface area contributed by atoms with Crippen LogP contribution in [-0.4, -0.2) is 89.0 Å². The van der Waals surface area contributed by atoms with Crippen LogP contribution in [0.25, 0.3) is 0 Å². The first kappa shape index (κ1) is 53.5. The Labute approximate surface area is 348 Å². The molecule has 1 heterocycles. The fraction of sp³-hybridized carbons (Fsp3) is 0.915. The van der Waals surface area contributed by atoms with Crippen molar-refractivity contribution in [2.24, 2.45) is 0 Å². The second-order valence-electron chi connectivity index (χ2n) is 16.6. The summed E-state index contributed by atoms with van der Waals surface area (Å²) in [4.78, 5) is 25.3. The molecule has 2 unspecified atom stereocenters. The highest BCUT2D eigenvalue weighted by atomic mass is 16.7. The summed E-state index contributed by atoms with van der Waals surface area (Å²) in [6.07, 6.45) is 33.6. The molecule has 0 amide bonds. The van der Waals surface area contributed by atoms with Gasteiger partial charge in [-0.1, -0.05) is 180 Å². The molecule has 0 radical (unpaired) electrons. The molecular weight excluding hydrogens is 725 g/mol. The van der Waals surface area contributed by atoms with Gasteiger partial charge in [0.05, 0.1) is 13.2 Å². The van der Waals surface area contributed by atoms with Gasteiger partial charge >= 0.3 is 11.9 Å². The summed E-state index contributed by atoms with van der Waals surface area (Å²) in [6, 6.07) is 0. The van der Waals surface area contributed by atoms with Gasteiger partial charge in [-0.05, 0) is 38.5 Å². The van der Waals surface area contributed by atoms with Crippen molar-refractivity contribution in [2.45, 2.75) is 256 Å². The average Bonchev–Trinajstić information content (AvgIpc) is 3.21. The number of carbonyl (C=O) groups is 2. The molecule has 1 fully saturated rings. The van der Waals surface area contributed by atoms with Gasteiger partial charge in [0.1, 0.15) is 31.0 Å². The van der Waals surface area contributed by atoms with E-state index in [2.05, 4.69) is 26.0 Å². The average molecular weight is 813 g/mol. The van der Waals surface area contributed by atoms with Crippen molar-refractivity contribution in [2.75, 3.05) is 19.8 Å². The third-order valence-electron chi connectivity index (χ3n) is 11.2. The highest BCUT2D eigenvalue weighted by Gasteiger charge is 2.44. The van der Waals surface area contributed by atoms with E-state index in [9.17, 15) is 30.0 Å². The minimum atomic E-state index is -1.59. The van der Waals surface area contributed by atoms with Crippen molar-refractivity contribution in [3.63, 3.8) is 0 Å². The van der Waals surface area contributed by atoms with E-state index in [1.165, 1.54) is 148 Å². The fourth-order valence-electron chi connectivity index (χ4n) is 7.36. The summed E-state index contributed by atoms with van der Waals surface area (Å²) >= 11 is 0. The Kier molecular flexibility index (Phi) is 36.2. The van der Waals surface area contributed by atoms with E-state index in [1.807, 2.05) is 0 Å². The quantitative estimate of drug-likeness (QED) is 0.0267. The SMILES string of the molecule is CCCCCCCC/C=C/CCCCCCCCCCCCCC(=O)O[C@H](COC(=O)CCCCCCCCCCCCC)CO[C@@H]1O[C@H](CO)[C@H](O)C(O)C1O. The summed E-state index contributed by atoms with van der Waals surface area (Å²) in [5.41, 5.74) is 0. The van der Waals surface area contributed by atoms with Gasteiger partial charge in [0.25, 0.3) is 0 Å². The number of esters is 2. The van der Waals surface area contributed by atoms with Crippen molar-refractivity contribution < 1.29 is 49.0 Å². The first-order chi connectivity index (χ1) is 27.8. The molecule has 0 aromatic heterocycles. The number of aliphatic hydroxyl groups is 4. The first-order valence-corrected chi connectivity index (χ1v) is 23.8. The molecule has 57 heavy (non-hydrogen) atoms. The van der Waals surface area contributed by atoms with Gasteiger partial charge in [-0.2, -0.15) is 0 Å². The Morgan fingerprint density at radius 1 is 0.526 bits per heavy atom. The van der Waals surface area contributed by atoms with Crippen LogP contribution in [-0.2, 0) is 28.5 Å². The molecule has 1 aliphatic rings. The van der Waals surface area contributed by atoms with E-state index < -0.39 is 49.4 Å². The Balaban J connectivity index is 2.26. The molecule has 1 saturated heterocycles. The monoisotopic (exact) mass is 813 g/mol. The zero-order valence-corrected chi connectivity index (χ0v) is 36.6. The first-order valence-electron chi connectivity index (χ1n) is 23.8. The van der Waals surface area contributed by atoms with Gasteiger partial charge in [-0.15, -0.1) is 0 Å². The summed E-state index contributed by atoms with van der Waals surface area (Å²) in [5.74, 6) is -0.798. The molecule has 0 bridgehead atoms. The van der Waals surface area contributed by atoms with E-state index in [0.29, 0.717) is 6.42 Å². The van der Waals surface area contributed by atoms with Crippen molar-refractivity contribution >= 4 is 11.9 Å². The largest absolute Gasteiger partial charge is 0.462 e. The number of allylic oxidation sites excluding steroid dienone is 2. The summed E-state index contributed by atoms with van der Waals surface area (Å²) < 4.78 is 22.2. The molecule has 4 N–H and O–H groups in total. The molecule has 1 rings (SSSR count). The van der Waals surface area contributed by atoms with Gasteiger partial charge in [-0.3, -0.25) is 9.59 Å². The summed E-state index contributed by atoms with van der Waals surface area (Å²) in [7, 11) is 0. The zero-order valence-electron chi connectivity index (χ0n) is 36.6. The number of unbranched alkanes of at least 4 members (excludes halogenated alkanes) is 27. The molecule has 10 nitrogen and oxygen atoms in total. The van der Waals surface area contributed by atoms with E-state index in [0.717, 1.165) is 38.5 Å². The smallest absolute Gasteiger partial charge is 0.306 e. The lowest BCUT2D eigenvalue weighted by Crippen LogP contribution is -2.59. The minimum Gasteiger partial charge on any atom is -0.462 e. The summed E-state index contributed by atoms with van der Waals surface area (Å²) in [6.45, 7) is 3.43. The Morgan fingerprint density at radius 2 is 0.930 bits per heavy atom. The van der Waals surface area contributed by atoms with E-state index in [-0.39, 0.29) is 32.0 Å². The van der Waals surface area contributed by atoms with Crippen LogP contribution < -0.4 is 0 Å². The van der Waals surface area contributed by atoms with Crippen LogP contribution in [0.3, 0.4) is 0 Å². The second kappa shape index (κ2) is 38.6. The van der Waals surface area contributed by atoms with Crippen LogP contribution in [0.1, 0.15) is 219 Å². The van der Waals surface area contributed by atoms with E-state index in [1.54, 1.807) is 0 Å². The molecule has 10 heteroatoms. The standard InChI is InChI=1S/C47H88O10/c1-3-5-7-9-11-13-15-16-17-18-19-20-21-22-23-24-26-28-30-32-34-36-43(50)56-40(39-55-47-46(53)45(52)44(51)41(37-48)57-47)38-54-42(49)35-33-31-29-27-25-14-12-10-8-6-4-2/h16-17,40-41,44-48,51-53H,3-15,18-39H2,1-2H3/b17-16+/t40-,41-,44+,45?,46?,47-/m1/s1. The van der Waals surface area contributed by atoms with Crippen LogP contribution in [0, 0.1) is 0 Å². The Hall–Kier alpha value is -1.56. The Morgan fingerprint density at radius 3 is 1.37 bits per heavy atom. The predicted octanol–water partition coefficient (Wildman–Crippen LogP) is 10.3. The predicted molar refractivity (Wildman–Crippen MR) is 229 cm³/mol. The maximum Gasteiger partial charge on any atom is 0.306 e. The van der Waals surface area contributed by atoms with Gasteiger partial charge < -0.3 is 39.4 Å². The van der Waals surface area contributed by atoms with Crippen molar-refractivity contribution in [1.82, 2.24) is 0 Å². The second-order valence-corrected chi connectivity index (χ2v) is 16.6. The molecule has 1 aliphatic heterocycles. The van der Waals surface area contributed by atoms with Gasteiger partial charge in [0.2, 0.25) is 0 Å². The number of hydrogen-bond acceptors (Lipinski definition) is 10. The number of rotatable bonds is 40. The number of carbonyl (C=O) groups excluding carboxylic acids is 2. The van der Waals surface area contributed by atoms with Crippen molar-refractivity contribution in [3.8, 4) is 0 Å².